The van der Waals surface area contributed by atoms with Gasteiger partial charge in [-0.05, 0) is 62.9 Å². The highest BCUT2D eigenvalue weighted by Gasteiger charge is 2.33. The normalized spacial score (nSPS) is 27.0. The van der Waals surface area contributed by atoms with Crippen molar-refractivity contribution in [2.45, 2.75) is 44.6 Å². The smallest absolute Gasteiger partial charge is 0.222 e. The Balaban J connectivity index is 0.00000192. The average Bonchev–Trinajstić information content (AvgIpc) is 3.15. The van der Waals surface area contributed by atoms with Crippen LogP contribution in [0, 0.1) is 11.7 Å². The minimum atomic E-state index is -0.201. The van der Waals surface area contributed by atoms with Crippen LogP contribution in [0.4, 0.5) is 4.39 Å². The van der Waals surface area contributed by atoms with Crippen molar-refractivity contribution in [1.29, 1.82) is 0 Å². The van der Waals surface area contributed by atoms with Gasteiger partial charge in [0.25, 0.3) is 0 Å². The summed E-state index contributed by atoms with van der Waals surface area (Å²) >= 11 is 0. The zero-order valence-electron chi connectivity index (χ0n) is 13.6. The van der Waals surface area contributed by atoms with Crippen molar-refractivity contribution in [2.24, 2.45) is 5.92 Å². The van der Waals surface area contributed by atoms with Gasteiger partial charge in [0.15, 0.2) is 0 Å². The van der Waals surface area contributed by atoms with E-state index in [-0.39, 0.29) is 30.2 Å². The van der Waals surface area contributed by atoms with E-state index in [1.54, 1.807) is 0 Å². The van der Waals surface area contributed by atoms with E-state index in [2.05, 4.69) is 12.2 Å². The summed E-state index contributed by atoms with van der Waals surface area (Å²) in [5.41, 5.74) is 1.14. The molecule has 3 nitrogen and oxygen atoms in total. The lowest BCUT2D eigenvalue weighted by Gasteiger charge is -2.22. The molecule has 3 rings (SSSR count). The Kier molecular flexibility index (Phi) is 6.42. The van der Waals surface area contributed by atoms with Crippen LogP contribution >= 0.6 is 12.4 Å². The molecule has 3 unspecified atom stereocenters. The number of halogens is 2. The summed E-state index contributed by atoms with van der Waals surface area (Å²) in [5.74, 6) is 1.08. The number of carbonyl (C=O) groups is 1. The third kappa shape index (κ3) is 4.45. The number of carbonyl (C=O) groups excluding carboxylic acids is 1. The van der Waals surface area contributed by atoms with Crippen molar-refractivity contribution < 1.29 is 9.18 Å². The molecule has 0 radical (unpaired) electrons. The van der Waals surface area contributed by atoms with Gasteiger partial charge in [0.05, 0.1) is 0 Å². The van der Waals surface area contributed by atoms with Crippen molar-refractivity contribution in [3.63, 3.8) is 0 Å². The summed E-state index contributed by atoms with van der Waals surface area (Å²) in [7, 11) is 0. The summed E-state index contributed by atoms with van der Waals surface area (Å²) in [6.45, 7) is 5.04. The first-order chi connectivity index (χ1) is 10.6. The lowest BCUT2D eigenvalue weighted by atomic mass is 9.97. The average molecular weight is 341 g/mol. The molecule has 0 bridgehead atoms. The predicted octanol–water partition coefficient (Wildman–Crippen LogP) is 3.34. The summed E-state index contributed by atoms with van der Waals surface area (Å²) in [5, 5.41) is 3.35. The van der Waals surface area contributed by atoms with Crippen molar-refractivity contribution in [3.05, 3.63) is 35.6 Å². The van der Waals surface area contributed by atoms with Gasteiger partial charge in [-0.2, -0.15) is 0 Å². The van der Waals surface area contributed by atoms with Gasteiger partial charge in [0, 0.05) is 24.9 Å². The molecule has 2 fully saturated rings. The van der Waals surface area contributed by atoms with E-state index in [1.165, 1.54) is 18.6 Å². The van der Waals surface area contributed by atoms with E-state index >= 15 is 0 Å². The maximum Gasteiger partial charge on any atom is 0.222 e. The van der Waals surface area contributed by atoms with Crippen LogP contribution in [0.15, 0.2) is 24.3 Å². The number of hydrogen-bond acceptors (Lipinski definition) is 2. The van der Waals surface area contributed by atoms with Crippen LogP contribution < -0.4 is 5.32 Å². The molecule has 0 spiro atoms. The number of nitrogens with zero attached hydrogens (tertiary/aromatic N) is 1. The highest BCUT2D eigenvalue weighted by atomic mass is 35.5. The lowest BCUT2D eigenvalue weighted by Crippen LogP contribution is -2.34. The molecule has 5 heteroatoms. The third-order valence-electron chi connectivity index (χ3n) is 5.17. The van der Waals surface area contributed by atoms with Crippen LogP contribution in [-0.4, -0.2) is 36.5 Å². The van der Waals surface area contributed by atoms with Gasteiger partial charge in [-0.15, -0.1) is 12.4 Å². The van der Waals surface area contributed by atoms with Gasteiger partial charge in [0.1, 0.15) is 5.82 Å². The van der Waals surface area contributed by atoms with Crippen LogP contribution in [0.3, 0.4) is 0 Å². The molecule has 1 aromatic carbocycles. The minimum Gasteiger partial charge on any atom is -0.339 e. The monoisotopic (exact) mass is 340 g/mol. The van der Waals surface area contributed by atoms with Crippen molar-refractivity contribution in [1.82, 2.24) is 10.2 Å². The highest BCUT2D eigenvalue weighted by Crippen LogP contribution is 2.32. The molecule has 0 aliphatic carbocycles. The van der Waals surface area contributed by atoms with Gasteiger partial charge in [-0.3, -0.25) is 4.79 Å². The van der Waals surface area contributed by atoms with Crippen LogP contribution in [0.2, 0.25) is 0 Å². The summed E-state index contributed by atoms with van der Waals surface area (Å²) < 4.78 is 13.0. The van der Waals surface area contributed by atoms with Crippen LogP contribution in [-0.2, 0) is 4.79 Å². The first-order valence-electron chi connectivity index (χ1n) is 8.39. The summed E-state index contributed by atoms with van der Waals surface area (Å²) in [6.07, 6.45) is 3.83. The predicted molar refractivity (Wildman–Crippen MR) is 92.4 cm³/mol. The zero-order valence-corrected chi connectivity index (χ0v) is 14.4. The van der Waals surface area contributed by atoms with Gasteiger partial charge >= 0.3 is 0 Å². The molecule has 1 N–H and O–H groups in total. The third-order valence-corrected chi connectivity index (χ3v) is 5.17. The van der Waals surface area contributed by atoms with Crippen LogP contribution in [0.1, 0.15) is 44.1 Å². The number of benzene rings is 1. The fraction of sp³-hybridized carbons (Fsp3) is 0.611. The number of amides is 1. The number of nitrogens with one attached hydrogen (secondary N) is 1. The second-order valence-electron chi connectivity index (χ2n) is 6.78. The molecule has 0 saturated carbocycles. The SMILES string of the molecule is CC1CC(c2ccc(F)cc2)CN1C(=O)CCC1CCNC1.Cl. The Morgan fingerprint density at radius 1 is 1.35 bits per heavy atom. The molecule has 128 valence electrons. The summed E-state index contributed by atoms with van der Waals surface area (Å²) in [6, 6.07) is 7.01. The molecule has 1 aromatic rings. The topological polar surface area (TPSA) is 32.3 Å². The maximum absolute atomic E-state index is 13.0. The largest absolute Gasteiger partial charge is 0.339 e. The van der Waals surface area contributed by atoms with Gasteiger partial charge < -0.3 is 10.2 Å². The van der Waals surface area contributed by atoms with E-state index in [4.69, 9.17) is 0 Å². The number of hydrogen-bond donors (Lipinski definition) is 1. The molecule has 23 heavy (non-hydrogen) atoms. The Morgan fingerprint density at radius 3 is 2.74 bits per heavy atom. The highest BCUT2D eigenvalue weighted by molar-refractivity contribution is 5.85. The molecule has 2 aliphatic heterocycles. The second-order valence-corrected chi connectivity index (χ2v) is 6.78. The second kappa shape index (κ2) is 8.11. The fourth-order valence-electron chi connectivity index (χ4n) is 3.79. The maximum atomic E-state index is 13.0. The number of likely N-dealkylation sites (tertiary alicyclic amines) is 1. The van der Waals surface area contributed by atoms with Gasteiger partial charge in [-0.1, -0.05) is 12.1 Å². The Morgan fingerprint density at radius 2 is 2.09 bits per heavy atom. The molecule has 3 atom stereocenters. The zero-order chi connectivity index (χ0) is 15.5. The van der Waals surface area contributed by atoms with E-state index < -0.39 is 0 Å². The first-order valence-corrected chi connectivity index (χ1v) is 8.39. The first kappa shape index (κ1) is 18.2. The Hall–Kier alpha value is -1.13. The standard InChI is InChI=1S/C18H25FN2O.ClH/c1-13-10-16(15-3-5-17(19)6-4-15)12-21(13)18(22)7-2-14-8-9-20-11-14;/h3-6,13-14,16,20H,2,7-12H2,1H3;1H. The molecule has 2 aliphatic rings. The fourth-order valence-corrected chi connectivity index (χ4v) is 3.79. The lowest BCUT2D eigenvalue weighted by molar-refractivity contribution is -0.132. The van der Waals surface area contributed by atoms with Crippen molar-refractivity contribution >= 4 is 18.3 Å². The molecular weight excluding hydrogens is 315 g/mol. The van der Waals surface area contributed by atoms with E-state index in [1.807, 2.05) is 17.0 Å². The molecule has 2 heterocycles. The minimum absolute atomic E-state index is 0. The Bertz CT molecular complexity index is 516. The number of rotatable bonds is 4. The summed E-state index contributed by atoms with van der Waals surface area (Å²) in [4.78, 5) is 14.5. The van der Waals surface area contributed by atoms with Gasteiger partial charge in [0.2, 0.25) is 5.91 Å². The van der Waals surface area contributed by atoms with Crippen LogP contribution in [0.5, 0.6) is 0 Å². The van der Waals surface area contributed by atoms with E-state index in [0.29, 0.717) is 18.3 Å². The Labute approximate surface area is 144 Å². The van der Waals surface area contributed by atoms with E-state index in [9.17, 15) is 9.18 Å². The van der Waals surface area contributed by atoms with Gasteiger partial charge in [-0.25, -0.2) is 4.39 Å². The molecular formula is C18H26ClFN2O. The molecule has 1 amide bonds. The quantitative estimate of drug-likeness (QED) is 0.911. The van der Waals surface area contributed by atoms with E-state index in [0.717, 1.165) is 38.0 Å². The molecule has 2 saturated heterocycles. The van der Waals surface area contributed by atoms with Crippen molar-refractivity contribution in [3.8, 4) is 0 Å². The molecule has 0 aromatic heterocycles. The van der Waals surface area contributed by atoms with Crippen molar-refractivity contribution in [2.75, 3.05) is 19.6 Å². The van der Waals surface area contributed by atoms with Crippen LogP contribution in [0.25, 0.3) is 0 Å².